The standard InChI is InChI=1S/C15H22N4O5S/c1-24-8-6-16-10-14(20)18-12-3-2-4-13(9-12)25(22,23)19-7-5-17-15(21)11-19/h2-4,9,16H,5-8,10-11H2,1H3,(H,17,21)(H,18,20). The van der Waals surface area contributed by atoms with Gasteiger partial charge < -0.3 is 20.7 Å². The van der Waals surface area contributed by atoms with Crippen LogP contribution in [0.3, 0.4) is 0 Å². The molecule has 1 aromatic carbocycles. The number of sulfonamides is 1. The molecular weight excluding hydrogens is 348 g/mol. The molecule has 1 aliphatic heterocycles. The van der Waals surface area contributed by atoms with Crippen LogP contribution in [0.25, 0.3) is 0 Å². The minimum atomic E-state index is -3.79. The molecule has 1 aromatic rings. The van der Waals surface area contributed by atoms with Crippen molar-refractivity contribution in [3.8, 4) is 0 Å². The molecule has 0 saturated carbocycles. The van der Waals surface area contributed by atoms with Crippen molar-refractivity contribution in [3.63, 3.8) is 0 Å². The molecule has 0 aromatic heterocycles. The zero-order valence-electron chi connectivity index (χ0n) is 13.9. The Morgan fingerprint density at radius 1 is 1.40 bits per heavy atom. The molecule has 3 N–H and O–H groups in total. The van der Waals surface area contributed by atoms with Gasteiger partial charge >= 0.3 is 0 Å². The van der Waals surface area contributed by atoms with Crippen LogP contribution in [0.2, 0.25) is 0 Å². The maximum Gasteiger partial charge on any atom is 0.243 e. The van der Waals surface area contributed by atoms with Gasteiger partial charge in [-0.3, -0.25) is 9.59 Å². The molecule has 1 saturated heterocycles. The lowest BCUT2D eigenvalue weighted by Gasteiger charge is -2.26. The number of nitrogens with one attached hydrogen (secondary N) is 3. The minimum Gasteiger partial charge on any atom is -0.383 e. The number of ether oxygens (including phenoxy) is 1. The largest absolute Gasteiger partial charge is 0.383 e. The third kappa shape index (κ3) is 5.49. The van der Waals surface area contributed by atoms with Gasteiger partial charge in [-0.1, -0.05) is 6.07 Å². The minimum absolute atomic E-state index is 0.0346. The third-order valence-electron chi connectivity index (χ3n) is 3.53. The molecule has 0 unspecified atom stereocenters. The van der Waals surface area contributed by atoms with Crippen LogP contribution in [-0.2, 0) is 24.3 Å². The first kappa shape index (κ1) is 19.3. The highest BCUT2D eigenvalue weighted by molar-refractivity contribution is 7.89. The molecule has 0 bridgehead atoms. The van der Waals surface area contributed by atoms with Crippen LogP contribution in [-0.4, -0.2) is 71.0 Å². The van der Waals surface area contributed by atoms with Gasteiger partial charge in [0.15, 0.2) is 0 Å². The van der Waals surface area contributed by atoms with Crippen molar-refractivity contribution in [3.05, 3.63) is 24.3 Å². The third-order valence-corrected chi connectivity index (χ3v) is 5.37. The van der Waals surface area contributed by atoms with Gasteiger partial charge in [0.1, 0.15) is 0 Å². The number of anilines is 1. The SMILES string of the molecule is COCCNCC(=O)Nc1cccc(S(=O)(=O)N2CCNC(=O)C2)c1. The Kier molecular flexibility index (Phi) is 6.88. The molecule has 1 fully saturated rings. The second-order valence-corrected chi connectivity index (χ2v) is 7.37. The number of benzene rings is 1. The summed E-state index contributed by atoms with van der Waals surface area (Å²) >= 11 is 0. The monoisotopic (exact) mass is 370 g/mol. The van der Waals surface area contributed by atoms with Crippen molar-refractivity contribution < 1.29 is 22.7 Å². The van der Waals surface area contributed by atoms with Crippen molar-refractivity contribution in [2.75, 3.05) is 51.8 Å². The normalized spacial score (nSPS) is 15.6. The van der Waals surface area contributed by atoms with Gasteiger partial charge in [0.2, 0.25) is 21.8 Å². The molecule has 0 aliphatic carbocycles. The van der Waals surface area contributed by atoms with E-state index in [0.29, 0.717) is 18.8 Å². The Bertz CT molecular complexity index is 722. The van der Waals surface area contributed by atoms with Crippen LogP contribution < -0.4 is 16.0 Å². The summed E-state index contributed by atoms with van der Waals surface area (Å²) in [6.45, 7) is 1.41. The summed E-state index contributed by atoms with van der Waals surface area (Å²) in [5.41, 5.74) is 0.376. The number of carbonyl (C=O) groups excluding carboxylic acids is 2. The molecule has 2 amide bonds. The van der Waals surface area contributed by atoms with Crippen LogP contribution in [0.5, 0.6) is 0 Å². The van der Waals surface area contributed by atoms with Gasteiger partial charge in [-0.25, -0.2) is 8.42 Å². The molecule has 1 aliphatic rings. The number of hydrogen-bond acceptors (Lipinski definition) is 6. The van der Waals surface area contributed by atoms with E-state index in [9.17, 15) is 18.0 Å². The summed E-state index contributed by atoms with van der Waals surface area (Å²) in [4.78, 5) is 23.3. The van der Waals surface area contributed by atoms with Crippen molar-refractivity contribution in [1.29, 1.82) is 0 Å². The van der Waals surface area contributed by atoms with Crippen LogP contribution in [0, 0.1) is 0 Å². The summed E-state index contributed by atoms with van der Waals surface area (Å²) < 4.78 is 31.2. The zero-order chi connectivity index (χ0) is 18.3. The van der Waals surface area contributed by atoms with E-state index in [2.05, 4.69) is 16.0 Å². The molecule has 10 heteroatoms. The highest BCUT2D eigenvalue weighted by atomic mass is 32.2. The van der Waals surface area contributed by atoms with E-state index in [1.807, 2.05) is 0 Å². The van der Waals surface area contributed by atoms with E-state index < -0.39 is 10.0 Å². The summed E-state index contributed by atoms with van der Waals surface area (Å²) in [5.74, 6) is -0.621. The Labute approximate surface area is 146 Å². The number of methoxy groups -OCH3 is 1. The molecular formula is C15H22N4O5S. The first-order chi connectivity index (χ1) is 11.9. The Morgan fingerprint density at radius 3 is 2.92 bits per heavy atom. The van der Waals surface area contributed by atoms with E-state index in [0.717, 1.165) is 4.31 Å². The van der Waals surface area contributed by atoms with Crippen molar-refractivity contribution in [1.82, 2.24) is 14.9 Å². The second kappa shape index (κ2) is 8.90. The molecule has 25 heavy (non-hydrogen) atoms. The van der Waals surface area contributed by atoms with Crippen molar-refractivity contribution >= 4 is 27.5 Å². The Hall–Kier alpha value is -2.01. The van der Waals surface area contributed by atoms with E-state index in [1.165, 1.54) is 12.1 Å². The van der Waals surface area contributed by atoms with Gasteiger partial charge in [0, 0.05) is 32.4 Å². The van der Waals surface area contributed by atoms with Crippen molar-refractivity contribution in [2.24, 2.45) is 0 Å². The zero-order valence-corrected chi connectivity index (χ0v) is 14.8. The van der Waals surface area contributed by atoms with E-state index in [4.69, 9.17) is 4.74 Å². The van der Waals surface area contributed by atoms with Crippen LogP contribution in [0.1, 0.15) is 0 Å². The first-order valence-electron chi connectivity index (χ1n) is 7.80. The smallest absolute Gasteiger partial charge is 0.243 e. The predicted octanol–water partition coefficient (Wildman–Crippen LogP) is -1.02. The van der Waals surface area contributed by atoms with E-state index >= 15 is 0 Å². The van der Waals surface area contributed by atoms with Crippen LogP contribution in [0.15, 0.2) is 29.2 Å². The van der Waals surface area contributed by atoms with Gasteiger partial charge in [0.25, 0.3) is 0 Å². The lowest BCUT2D eigenvalue weighted by atomic mass is 10.3. The van der Waals surface area contributed by atoms with Crippen molar-refractivity contribution in [2.45, 2.75) is 4.90 Å². The summed E-state index contributed by atoms with van der Waals surface area (Å²) in [6.07, 6.45) is 0. The highest BCUT2D eigenvalue weighted by Gasteiger charge is 2.29. The molecule has 138 valence electrons. The Balaban J connectivity index is 2.02. The number of amides is 2. The molecule has 0 atom stereocenters. The van der Waals surface area contributed by atoms with Gasteiger partial charge in [-0.05, 0) is 18.2 Å². The van der Waals surface area contributed by atoms with Gasteiger partial charge in [-0.15, -0.1) is 0 Å². The fourth-order valence-corrected chi connectivity index (χ4v) is 3.73. The maximum absolute atomic E-state index is 12.6. The molecule has 0 spiro atoms. The number of nitrogens with zero attached hydrogens (tertiary/aromatic N) is 1. The first-order valence-corrected chi connectivity index (χ1v) is 9.24. The average Bonchev–Trinajstić information content (AvgIpc) is 2.59. The fourth-order valence-electron chi connectivity index (χ4n) is 2.29. The summed E-state index contributed by atoms with van der Waals surface area (Å²) in [6, 6.07) is 5.98. The molecule has 9 nitrogen and oxygen atoms in total. The molecule has 0 radical (unpaired) electrons. The number of carbonyl (C=O) groups is 2. The average molecular weight is 370 g/mol. The van der Waals surface area contributed by atoms with E-state index in [-0.39, 0.29) is 42.9 Å². The van der Waals surface area contributed by atoms with Gasteiger partial charge in [0.05, 0.1) is 24.6 Å². The van der Waals surface area contributed by atoms with Crippen LogP contribution >= 0.6 is 0 Å². The lowest BCUT2D eigenvalue weighted by molar-refractivity contribution is -0.122. The fraction of sp³-hybridized carbons (Fsp3) is 0.467. The topological polar surface area (TPSA) is 117 Å². The summed E-state index contributed by atoms with van der Waals surface area (Å²) in [5, 5.41) is 8.12. The summed E-state index contributed by atoms with van der Waals surface area (Å²) in [7, 11) is -2.22. The quantitative estimate of drug-likeness (QED) is 0.505. The number of hydrogen-bond donors (Lipinski definition) is 3. The second-order valence-electron chi connectivity index (χ2n) is 5.43. The number of piperazine rings is 1. The molecule has 2 rings (SSSR count). The maximum atomic E-state index is 12.6. The van der Waals surface area contributed by atoms with Crippen LogP contribution in [0.4, 0.5) is 5.69 Å². The predicted molar refractivity (Wildman–Crippen MR) is 91.6 cm³/mol. The number of rotatable bonds is 8. The lowest BCUT2D eigenvalue weighted by Crippen LogP contribution is -2.49. The Morgan fingerprint density at radius 2 is 2.20 bits per heavy atom. The van der Waals surface area contributed by atoms with E-state index in [1.54, 1.807) is 19.2 Å². The van der Waals surface area contributed by atoms with Gasteiger partial charge in [-0.2, -0.15) is 4.31 Å². The molecule has 1 heterocycles. The highest BCUT2D eigenvalue weighted by Crippen LogP contribution is 2.20.